The van der Waals surface area contributed by atoms with E-state index in [9.17, 15) is 9.59 Å². The topological polar surface area (TPSA) is 58.2 Å². The van der Waals surface area contributed by atoms with Gasteiger partial charge in [-0.1, -0.05) is 24.3 Å². The highest BCUT2D eigenvalue weighted by molar-refractivity contribution is 6.04. The van der Waals surface area contributed by atoms with E-state index in [4.69, 9.17) is 0 Å². The van der Waals surface area contributed by atoms with Gasteiger partial charge in [0.1, 0.15) is 0 Å². The number of benzene rings is 2. The van der Waals surface area contributed by atoms with Gasteiger partial charge in [-0.25, -0.2) is 0 Å². The monoisotopic (exact) mass is 242 g/mol. The molecular weight excluding hydrogens is 228 g/mol. The molecule has 2 aromatic carbocycles. The molecule has 4 heteroatoms. The Morgan fingerprint density at radius 2 is 1.61 bits per heavy atom. The van der Waals surface area contributed by atoms with Crippen molar-refractivity contribution in [3.05, 3.63) is 36.4 Å². The molecule has 0 unspecified atom stereocenters. The summed E-state index contributed by atoms with van der Waals surface area (Å²) in [6, 6.07) is 11.3. The van der Waals surface area contributed by atoms with Gasteiger partial charge >= 0.3 is 0 Å². The van der Waals surface area contributed by atoms with Gasteiger partial charge in [-0.15, -0.1) is 0 Å². The Hall–Kier alpha value is -2.36. The second kappa shape index (κ2) is 4.87. The van der Waals surface area contributed by atoms with Gasteiger partial charge < -0.3 is 10.6 Å². The minimum Gasteiger partial charge on any atom is -0.326 e. The summed E-state index contributed by atoms with van der Waals surface area (Å²) >= 11 is 0. The molecule has 0 fully saturated rings. The summed E-state index contributed by atoms with van der Waals surface area (Å²) in [6.45, 7) is 2.91. The lowest BCUT2D eigenvalue weighted by Gasteiger charge is -2.10. The molecule has 0 aliphatic rings. The van der Waals surface area contributed by atoms with Crippen LogP contribution in [0.4, 0.5) is 11.4 Å². The molecule has 0 spiro atoms. The van der Waals surface area contributed by atoms with Crippen molar-refractivity contribution in [2.75, 3.05) is 10.6 Å². The van der Waals surface area contributed by atoms with E-state index in [-0.39, 0.29) is 11.8 Å². The summed E-state index contributed by atoms with van der Waals surface area (Å²) < 4.78 is 0. The van der Waals surface area contributed by atoms with E-state index in [2.05, 4.69) is 10.6 Å². The van der Waals surface area contributed by atoms with Crippen molar-refractivity contribution in [1.82, 2.24) is 0 Å². The molecular formula is C14H14N2O2. The van der Waals surface area contributed by atoms with Crippen LogP contribution in [0.15, 0.2) is 36.4 Å². The minimum absolute atomic E-state index is 0.139. The number of fused-ring (bicyclic) bond motifs is 1. The van der Waals surface area contributed by atoms with Gasteiger partial charge in [-0.2, -0.15) is 0 Å². The fraction of sp³-hybridized carbons (Fsp3) is 0.143. The number of amides is 2. The summed E-state index contributed by atoms with van der Waals surface area (Å²) in [5.74, 6) is -0.279. The van der Waals surface area contributed by atoms with E-state index in [0.29, 0.717) is 11.4 Å². The molecule has 0 aliphatic heterocycles. The number of hydrogen-bond donors (Lipinski definition) is 2. The largest absolute Gasteiger partial charge is 0.326 e. The van der Waals surface area contributed by atoms with Crippen molar-refractivity contribution < 1.29 is 9.59 Å². The Kier molecular flexibility index (Phi) is 3.28. The summed E-state index contributed by atoms with van der Waals surface area (Å²) in [5, 5.41) is 7.40. The molecule has 0 aromatic heterocycles. The van der Waals surface area contributed by atoms with Crippen molar-refractivity contribution in [3.63, 3.8) is 0 Å². The van der Waals surface area contributed by atoms with Gasteiger partial charge in [0, 0.05) is 24.9 Å². The molecule has 0 saturated carbocycles. The lowest BCUT2D eigenvalue weighted by molar-refractivity contribution is -0.115. The zero-order valence-corrected chi connectivity index (χ0v) is 10.3. The van der Waals surface area contributed by atoms with Crippen molar-refractivity contribution in [3.8, 4) is 0 Å². The molecule has 2 N–H and O–H groups in total. The summed E-state index contributed by atoms with van der Waals surface area (Å²) in [6.07, 6.45) is 0. The quantitative estimate of drug-likeness (QED) is 0.850. The van der Waals surface area contributed by atoms with Gasteiger partial charge in [0.15, 0.2) is 0 Å². The maximum Gasteiger partial charge on any atom is 0.221 e. The number of carbonyl (C=O) groups is 2. The average molecular weight is 242 g/mol. The van der Waals surface area contributed by atoms with Gasteiger partial charge in [0.25, 0.3) is 0 Å². The van der Waals surface area contributed by atoms with Crippen molar-refractivity contribution in [2.24, 2.45) is 0 Å². The molecule has 0 saturated heterocycles. The Morgan fingerprint density at radius 1 is 0.944 bits per heavy atom. The van der Waals surface area contributed by atoms with E-state index in [0.717, 1.165) is 10.8 Å². The second-order valence-corrected chi connectivity index (χ2v) is 4.11. The van der Waals surface area contributed by atoms with Crippen LogP contribution in [-0.4, -0.2) is 11.8 Å². The van der Waals surface area contributed by atoms with Crippen LogP contribution < -0.4 is 10.6 Å². The molecule has 2 aromatic rings. The zero-order valence-electron chi connectivity index (χ0n) is 10.3. The summed E-state index contributed by atoms with van der Waals surface area (Å²) in [5.41, 5.74) is 1.37. The fourth-order valence-corrected chi connectivity index (χ4v) is 1.88. The zero-order chi connectivity index (χ0) is 13.1. The molecule has 0 aliphatic carbocycles. The first-order chi connectivity index (χ1) is 8.56. The molecule has 18 heavy (non-hydrogen) atoms. The first kappa shape index (κ1) is 12.1. The molecule has 0 radical (unpaired) electrons. The average Bonchev–Trinajstić information content (AvgIpc) is 2.27. The van der Waals surface area contributed by atoms with Crippen molar-refractivity contribution in [1.29, 1.82) is 0 Å². The smallest absolute Gasteiger partial charge is 0.221 e. The predicted octanol–water partition coefficient (Wildman–Crippen LogP) is 2.76. The van der Waals surface area contributed by atoms with E-state index in [1.807, 2.05) is 30.3 Å². The van der Waals surface area contributed by atoms with Crippen LogP contribution in [0.2, 0.25) is 0 Å². The highest BCUT2D eigenvalue weighted by Crippen LogP contribution is 2.28. The first-order valence-corrected chi connectivity index (χ1v) is 5.64. The van der Waals surface area contributed by atoms with Crippen LogP contribution in [0.1, 0.15) is 13.8 Å². The van der Waals surface area contributed by atoms with Crippen molar-refractivity contribution in [2.45, 2.75) is 13.8 Å². The Balaban J connectivity index is 2.56. The number of carbonyl (C=O) groups excluding carboxylic acids is 2. The van der Waals surface area contributed by atoms with E-state index in [1.165, 1.54) is 13.8 Å². The predicted molar refractivity (Wildman–Crippen MR) is 72.6 cm³/mol. The van der Waals surface area contributed by atoms with E-state index < -0.39 is 0 Å². The van der Waals surface area contributed by atoms with Crippen LogP contribution in [0, 0.1) is 0 Å². The molecule has 0 heterocycles. The molecule has 0 bridgehead atoms. The van der Waals surface area contributed by atoms with E-state index >= 15 is 0 Å². The summed E-state index contributed by atoms with van der Waals surface area (Å²) in [7, 11) is 0. The maximum absolute atomic E-state index is 11.2. The Labute approximate surface area is 105 Å². The Morgan fingerprint density at radius 3 is 2.28 bits per heavy atom. The molecule has 0 atom stereocenters. The molecule has 4 nitrogen and oxygen atoms in total. The first-order valence-electron chi connectivity index (χ1n) is 5.64. The second-order valence-electron chi connectivity index (χ2n) is 4.11. The van der Waals surface area contributed by atoms with Crippen LogP contribution in [0.25, 0.3) is 10.8 Å². The molecule has 2 rings (SSSR count). The van der Waals surface area contributed by atoms with Gasteiger partial charge in [0.05, 0.1) is 5.69 Å². The van der Waals surface area contributed by atoms with Gasteiger partial charge in [-0.3, -0.25) is 9.59 Å². The number of rotatable bonds is 2. The van der Waals surface area contributed by atoms with Crippen LogP contribution in [-0.2, 0) is 9.59 Å². The van der Waals surface area contributed by atoms with Crippen LogP contribution >= 0.6 is 0 Å². The molecule has 92 valence electrons. The summed E-state index contributed by atoms with van der Waals surface area (Å²) in [4.78, 5) is 22.3. The maximum atomic E-state index is 11.2. The third-order valence-electron chi connectivity index (χ3n) is 2.49. The Bertz CT molecular complexity index is 620. The SMILES string of the molecule is CC(=O)Nc1cc(NC(C)=O)c2ccccc2c1. The lowest BCUT2D eigenvalue weighted by Crippen LogP contribution is -2.09. The fourth-order valence-electron chi connectivity index (χ4n) is 1.88. The normalized spacial score (nSPS) is 10.1. The standard InChI is InChI=1S/C14H14N2O2/c1-9(17)15-12-7-11-5-3-4-6-13(11)14(8-12)16-10(2)18/h3-8H,1-2H3,(H,15,17)(H,16,18). The van der Waals surface area contributed by atoms with E-state index in [1.54, 1.807) is 6.07 Å². The highest BCUT2D eigenvalue weighted by atomic mass is 16.2. The third kappa shape index (κ3) is 2.66. The highest BCUT2D eigenvalue weighted by Gasteiger charge is 2.06. The molecule has 2 amide bonds. The van der Waals surface area contributed by atoms with Crippen LogP contribution in [0.5, 0.6) is 0 Å². The lowest BCUT2D eigenvalue weighted by atomic mass is 10.1. The van der Waals surface area contributed by atoms with Gasteiger partial charge in [0.2, 0.25) is 11.8 Å². The number of hydrogen-bond acceptors (Lipinski definition) is 2. The van der Waals surface area contributed by atoms with Crippen LogP contribution in [0.3, 0.4) is 0 Å². The third-order valence-corrected chi connectivity index (χ3v) is 2.49. The number of anilines is 2. The van der Waals surface area contributed by atoms with Crippen molar-refractivity contribution >= 4 is 34.0 Å². The van der Waals surface area contributed by atoms with Gasteiger partial charge in [-0.05, 0) is 17.5 Å². The minimum atomic E-state index is -0.140. The number of nitrogens with one attached hydrogen (secondary N) is 2.